The summed E-state index contributed by atoms with van der Waals surface area (Å²) in [6.45, 7) is 13.8. The Morgan fingerprint density at radius 3 is 1.40 bits per heavy atom. The van der Waals surface area contributed by atoms with E-state index < -0.39 is 8.07 Å². The largest absolute Gasteiger partial charge is 0.457 e. The van der Waals surface area contributed by atoms with Crippen LogP contribution in [0.4, 0.5) is 49.8 Å². The predicted octanol–water partition coefficient (Wildman–Crippen LogP) is 16.3. The van der Waals surface area contributed by atoms with E-state index in [4.69, 9.17) is 4.74 Å². The first kappa shape index (κ1) is 51.5. The third kappa shape index (κ3) is 8.79. The van der Waals surface area contributed by atoms with Gasteiger partial charge in [0, 0.05) is 49.0 Å². The van der Waals surface area contributed by atoms with Crippen LogP contribution in [0, 0.1) is 0 Å². The molecule has 2 aliphatic rings. The van der Waals surface area contributed by atoms with E-state index in [0.717, 1.165) is 39.2 Å². The van der Waals surface area contributed by atoms with E-state index in [1.807, 2.05) is 53.0 Å². The average molecular weight is 1110 g/mol. The van der Waals surface area contributed by atoms with Gasteiger partial charge in [0.2, 0.25) is 0 Å². The SMILES string of the molecule is CC(C)(C)c1ccc(N2c3cc([Si](c4ccccc4)(c4ccccc4)c4ccccc4)cc4c3B(c3cc(N(c5ccccc5)c5ccccc5)sc32)c2sc3ccc(C(C)(C)C)cc3c2N4c2ccc(Oc3ccccc3)cc2)cc1. The lowest BCUT2D eigenvalue weighted by Crippen LogP contribution is -2.75. The number of hydrogen-bond donors (Lipinski definition) is 0. The zero-order chi connectivity index (χ0) is 55.7. The van der Waals surface area contributed by atoms with Crippen LogP contribution >= 0.6 is 22.7 Å². The molecule has 0 unspecified atom stereocenters. The summed E-state index contributed by atoms with van der Waals surface area (Å²) >= 11 is 3.84. The molecule has 0 bridgehead atoms. The second kappa shape index (κ2) is 20.4. The molecule has 0 saturated carbocycles. The van der Waals surface area contributed by atoms with E-state index >= 15 is 0 Å². The molecule has 398 valence electrons. The van der Waals surface area contributed by atoms with Gasteiger partial charge in [0.25, 0.3) is 6.71 Å². The normalized spacial score (nSPS) is 12.9. The van der Waals surface area contributed by atoms with Crippen molar-refractivity contribution in [1.82, 2.24) is 0 Å². The maximum Gasteiger partial charge on any atom is 0.265 e. The topological polar surface area (TPSA) is 19.0 Å². The van der Waals surface area contributed by atoms with Gasteiger partial charge in [0.15, 0.2) is 8.07 Å². The van der Waals surface area contributed by atoms with Crippen LogP contribution in [-0.2, 0) is 10.8 Å². The number of para-hydroxylation sites is 3. The highest BCUT2D eigenvalue weighted by Crippen LogP contribution is 2.52. The van der Waals surface area contributed by atoms with E-state index in [0.29, 0.717) is 0 Å². The summed E-state index contributed by atoms with van der Waals surface area (Å²) in [6, 6.07) is 99.4. The molecule has 0 atom stereocenters. The van der Waals surface area contributed by atoms with Gasteiger partial charge in [0.05, 0.1) is 10.7 Å². The van der Waals surface area contributed by atoms with Crippen molar-refractivity contribution >= 4 is 134 Å². The van der Waals surface area contributed by atoms with Gasteiger partial charge in [-0.3, -0.25) is 0 Å². The molecule has 2 aliphatic heterocycles. The van der Waals surface area contributed by atoms with Gasteiger partial charge in [-0.15, -0.1) is 22.7 Å². The molecule has 4 heterocycles. The van der Waals surface area contributed by atoms with Crippen LogP contribution in [0.15, 0.2) is 267 Å². The lowest BCUT2D eigenvalue weighted by Gasteiger charge is -2.44. The molecule has 0 saturated heterocycles. The van der Waals surface area contributed by atoms with Crippen molar-refractivity contribution in [2.24, 2.45) is 0 Å². The highest BCUT2D eigenvalue weighted by molar-refractivity contribution is 7.35. The summed E-state index contributed by atoms with van der Waals surface area (Å²) in [5, 5.41) is 8.93. The fraction of sp³-hybridized carbons (Fsp3) is 0.108. The molecule has 0 aliphatic carbocycles. The second-order valence-electron chi connectivity index (χ2n) is 23.7. The Hall–Kier alpha value is -8.66. The highest BCUT2D eigenvalue weighted by Gasteiger charge is 2.50. The van der Waals surface area contributed by atoms with Crippen molar-refractivity contribution in [3.05, 3.63) is 278 Å². The van der Waals surface area contributed by atoms with Gasteiger partial charge in [-0.1, -0.05) is 205 Å². The number of nitrogens with zero attached hydrogens (tertiary/aromatic N) is 3. The molecular weight excluding hydrogens is 1050 g/mol. The predicted molar refractivity (Wildman–Crippen MR) is 356 cm³/mol. The summed E-state index contributed by atoms with van der Waals surface area (Å²) < 4.78 is 9.15. The number of rotatable bonds is 11. The molecule has 0 fully saturated rings. The zero-order valence-electron chi connectivity index (χ0n) is 47.0. The summed E-state index contributed by atoms with van der Waals surface area (Å²) in [7, 11) is -3.18. The van der Waals surface area contributed by atoms with Gasteiger partial charge in [-0.2, -0.15) is 0 Å². The van der Waals surface area contributed by atoms with Crippen molar-refractivity contribution in [1.29, 1.82) is 0 Å². The van der Waals surface area contributed by atoms with Crippen LogP contribution in [0.25, 0.3) is 10.1 Å². The lowest BCUT2D eigenvalue weighted by molar-refractivity contribution is 0.483. The highest BCUT2D eigenvalue weighted by atomic mass is 32.1. The average Bonchev–Trinajstić information content (AvgIpc) is 1.46. The van der Waals surface area contributed by atoms with Crippen LogP contribution in [0.2, 0.25) is 0 Å². The lowest BCUT2D eigenvalue weighted by atomic mass is 9.37. The van der Waals surface area contributed by atoms with Gasteiger partial charge in [-0.05, 0) is 157 Å². The number of thiophene rings is 2. The number of anilines is 9. The van der Waals surface area contributed by atoms with Gasteiger partial charge in [0.1, 0.15) is 16.5 Å². The molecule has 0 radical (unpaired) electrons. The van der Waals surface area contributed by atoms with E-state index in [9.17, 15) is 0 Å². The number of hydrogen-bond acceptors (Lipinski definition) is 6. The van der Waals surface area contributed by atoms with Gasteiger partial charge >= 0.3 is 0 Å². The third-order valence-corrected chi connectivity index (χ3v) is 23.7. The number of benzene rings is 10. The maximum absolute atomic E-state index is 6.54. The van der Waals surface area contributed by atoms with Gasteiger partial charge < -0.3 is 19.4 Å². The van der Waals surface area contributed by atoms with Crippen molar-refractivity contribution in [2.45, 2.75) is 52.4 Å². The number of ether oxygens (including phenoxy) is 1. The molecule has 2 aromatic heterocycles. The summed E-state index contributed by atoms with van der Waals surface area (Å²) in [4.78, 5) is 7.72. The first-order valence-corrected chi connectivity index (χ1v) is 32.1. The monoisotopic (exact) mass is 1110 g/mol. The van der Waals surface area contributed by atoms with Crippen molar-refractivity contribution in [2.75, 3.05) is 14.7 Å². The van der Waals surface area contributed by atoms with Crippen LogP contribution < -0.4 is 55.9 Å². The second-order valence-corrected chi connectivity index (χ2v) is 29.6. The molecule has 0 amide bonds. The van der Waals surface area contributed by atoms with Gasteiger partial charge in [-0.25, -0.2) is 0 Å². The minimum Gasteiger partial charge on any atom is -0.457 e. The molecule has 10 aromatic carbocycles. The molecule has 4 nitrogen and oxygen atoms in total. The van der Waals surface area contributed by atoms with E-state index in [-0.39, 0.29) is 17.5 Å². The van der Waals surface area contributed by atoms with Crippen LogP contribution in [0.3, 0.4) is 0 Å². The maximum atomic E-state index is 6.54. The number of fused-ring (bicyclic) bond motifs is 6. The Bertz CT molecular complexity index is 4120. The minimum atomic E-state index is -3.18. The fourth-order valence-corrected chi connectivity index (χ4v) is 19.9. The smallest absolute Gasteiger partial charge is 0.265 e. The van der Waals surface area contributed by atoms with Crippen molar-refractivity contribution in [3.8, 4) is 11.5 Å². The fourth-order valence-electron chi connectivity index (χ4n) is 12.6. The van der Waals surface area contributed by atoms with E-state index in [1.54, 1.807) is 0 Å². The quantitative estimate of drug-likeness (QED) is 0.0949. The molecule has 8 heteroatoms. The van der Waals surface area contributed by atoms with Crippen molar-refractivity contribution in [3.63, 3.8) is 0 Å². The molecule has 82 heavy (non-hydrogen) atoms. The summed E-state index contributed by atoms with van der Waals surface area (Å²) in [5.74, 6) is 1.60. The molecule has 12 aromatic rings. The first-order valence-electron chi connectivity index (χ1n) is 28.4. The Morgan fingerprint density at radius 2 is 0.878 bits per heavy atom. The Labute approximate surface area is 491 Å². The summed E-state index contributed by atoms with van der Waals surface area (Å²) in [5.41, 5.74) is 13.1. The van der Waals surface area contributed by atoms with Crippen LogP contribution in [-0.4, -0.2) is 14.8 Å². The van der Waals surface area contributed by atoms with Crippen LogP contribution in [0.5, 0.6) is 11.5 Å². The molecular formula is C74H62BN3OS2Si. The Morgan fingerprint density at radius 1 is 0.427 bits per heavy atom. The van der Waals surface area contributed by atoms with E-state index in [2.05, 4.69) is 293 Å². The molecule has 0 N–H and O–H groups in total. The molecule has 14 rings (SSSR count). The zero-order valence-corrected chi connectivity index (χ0v) is 49.7. The standard InChI is InChI=1S/C74H62BN3OS2Si/c1-73(2,3)51-37-40-56(41-38-51)78-66-49-62(82(59-31-19-10-20-32-59,60-33-21-11-22-34-60)61-35-23-12-24-36-61)48-65-69(66)75(64-50-68(81-72(64)78)76(53-25-13-7-14-26-53)54-27-15-8-16-28-54)71-70(63-47-52(74(4,5)6)39-46-67(63)80-71)77(65)55-42-44-58(45-43-55)79-57-29-17-9-18-30-57/h7-50H,1-6H3. The molecule has 0 spiro atoms. The first-order chi connectivity index (χ1) is 39.9. The van der Waals surface area contributed by atoms with Crippen molar-refractivity contribution < 1.29 is 4.74 Å². The minimum absolute atomic E-state index is 0.0311. The van der Waals surface area contributed by atoms with Crippen LogP contribution in [0.1, 0.15) is 52.7 Å². The third-order valence-electron chi connectivity index (χ3n) is 16.6. The summed E-state index contributed by atoms with van der Waals surface area (Å²) in [6.07, 6.45) is 0. The van der Waals surface area contributed by atoms with E-state index in [1.165, 1.54) is 79.7 Å². The Balaban J connectivity index is 1.14. The Kier molecular flexibility index (Phi) is 12.8.